The second kappa shape index (κ2) is 6.90. The molecule has 0 bridgehead atoms. The highest BCUT2D eigenvalue weighted by Crippen LogP contribution is 2.28. The molecule has 0 unspecified atom stereocenters. The van der Waals surface area contributed by atoms with Gasteiger partial charge in [-0.3, -0.25) is 5.32 Å². The molecule has 2 aromatic rings. The molecule has 5 nitrogen and oxygen atoms in total. The van der Waals surface area contributed by atoms with Gasteiger partial charge in [0.1, 0.15) is 11.6 Å². The fraction of sp³-hybridized carbons (Fsp3) is 0.200. The van der Waals surface area contributed by atoms with Gasteiger partial charge in [-0.2, -0.15) is 0 Å². The molecule has 0 fully saturated rings. The number of carbonyl (C=O) groups excluding carboxylic acids is 1. The number of carboxylic acids is 1. The number of rotatable bonds is 5. The normalized spacial score (nSPS) is 10.1. The van der Waals surface area contributed by atoms with E-state index < -0.39 is 12.1 Å². The first-order chi connectivity index (χ1) is 10.1. The number of anilines is 1. The van der Waals surface area contributed by atoms with Crippen LogP contribution in [0.3, 0.4) is 0 Å². The van der Waals surface area contributed by atoms with Crippen molar-refractivity contribution in [3.05, 3.63) is 52.4 Å². The second-order valence-corrected chi connectivity index (χ2v) is 5.44. The van der Waals surface area contributed by atoms with Crippen molar-refractivity contribution < 1.29 is 19.4 Å². The van der Waals surface area contributed by atoms with Gasteiger partial charge in [-0.15, -0.1) is 11.3 Å². The number of aryl methyl sites for hydroxylation is 1. The number of nitrogens with one attached hydrogen (secondary N) is 1. The molecular formula is C15H15NO4S. The molecule has 0 saturated heterocycles. The summed E-state index contributed by atoms with van der Waals surface area (Å²) < 4.78 is 5.07. The molecule has 0 spiro atoms. The Labute approximate surface area is 126 Å². The number of amides is 1. The highest BCUT2D eigenvalue weighted by molar-refractivity contribution is 7.16. The number of ether oxygens (including phenoxy) is 1. The van der Waals surface area contributed by atoms with Crippen LogP contribution in [0.25, 0.3) is 0 Å². The summed E-state index contributed by atoms with van der Waals surface area (Å²) in [6.07, 6.45) is 0.0527. The van der Waals surface area contributed by atoms with Crippen LogP contribution in [0.1, 0.15) is 27.7 Å². The van der Waals surface area contributed by atoms with Crippen LogP contribution < -0.4 is 5.32 Å². The SMILES string of the molecule is CCc1cc(C(=O)O)c(NC(=O)OCc2ccccc2)s1. The van der Waals surface area contributed by atoms with E-state index in [1.807, 2.05) is 37.3 Å². The van der Waals surface area contributed by atoms with Crippen LogP contribution >= 0.6 is 11.3 Å². The number of aromatic carboxylic acids is 1. The van der Waals surface area contributed by atoms with E-state index in [-0.39, 0.29) is 12.2 Å². The fourth-order valence-electron chi connectivity index (χ4n) is 1.72. The molecule has 1 aromatic heterocycles. The first kappa shape index (κ1) is 15.1. The summed E-state index contributed by atoms with van der Waals surface area (Å²) in [4.78, 5) is 23.8. The Kier molecular flexibility index (Phi) is 4.94. The fourth-order valence-corrected chi connectivity index (χ4v) is 2.69. The lowest BCUT2D eigenvalue weighted by molar-refractivity contribution is 0.0698. The zero-order valence-corrected chi connectivity index (χ0v) is 12.3. The molecule has 1 aromatic carbocycles. The van der Waals surface area contributed by atoms with E-state index in [1.165, 1.54) is 11.3 Å². The lowest BCUT2D eigenvalue weighted by atomic mass is 10.2. The van der Waals surface area contributed by atoms with E-state index in [4.69, 9.17) is 9.84 Å². The third kappa shape index (κ3) is 4.06. The topological polar surface area (TPSA) is 75.6 Å². The largest absolute Gasteiger partial charge is 0.478 e. The Hall–Kier alpha value is -2.34. The number of carboxylic acid groups (broad SMARTS) is 1. The molecule has 1 amide bonds. The van der Waals surface area contributed by atoms with Gasteiger partial charge in [-0.25, -0.2) is 9.59 Å². The van der Waals surface area contributed by atoms with Gasteiger partial charge in [0, 0.05) is 4.88 Å². The molecule has 2 N–H and O–H groups in total. The average molecular weight is 305 g/mol. The lowest BCUT2D eigenvalue weighted by Crippen LogP contribution is -2.14. The summed E-state index contributed by atoms with van der Waals surface area (Å²) in [7, 11) is 0. The van der Waals surface area contributed by atoms with E-state index in [0.29, 0.717) is 11.4 Å². The second-order valence-electron chi connectivity index (χ2n) is 4.30. The molecule has 6 heteroatoms. The van der Waals surface area contributed by atoms with E-state index in [9.17, 15) is 9.59 Å². The van der Waals surface area contributed by atoms with E-state index in [1.54, 1.807) is 6.07 Å². The molecule has 1 heterocycles. The summed E-state index contributed by atoms with van der Waals surface area (Å²) in [5, 5.41) is 11.9. The molecule has 0 aliphatic heterocycles. The molecule has 110 valence electrons. The van der Waals surface area contributed by atoms with Crippen molar-refractivity contribution in [1.82, 2.24) is 0 Å². The van der Waals surface area contributed by atoms with Gasteiger partial charge in [-0.1, -0.05) is 37.3 Å². The third-order valence-corrected chi connectivity index (χ3v) is 3.99. The summed E-state index contributed by atoms with van der Waals surface area (Å²) >= 11 is 1.25. The van der Waals surface area contributed by atoms with E-state index in [2.05, 4.69) is 5.32 Å². The van der Waals surface area contributed by atoms with E-state index in [0.717, 1.165) is 10.4 Å². The summed E-state index contributed by atoms with van der Waals surface area (Å²) in [6.45, 7) is 2.07. The highest BCUT2D eigenvalue weighted by atomic mass is 32.1. The monoisotopic (exact) mass is 305 g/mol. The van der Waals surface area contributed by atoms with Gasteiger partial charge in [0.15, 0.2) is 0 Å². The quantitative estimate of drug-likeness (QED) is 0.882. The number of thiophene rings is 1. The van der Waals surface area contributed by atoms with E-state index >= 15 is 0 Å². The van der Waals surface area contributed by atoms with Crippen LogP contribution in [-0.2, 0) is 17.8 Å². The van der Waals surface area contributed by atoms with Crippen molar-refractivity contribution >= 4 is 28.4 Å². The van der Waals surface area contributed by atoms with Gasteiger partial charge in [-0.05, 0) is 18.1 Å². The van der Waals surface area contributed by atoms with Gasteiger partial charge in [0.25, 0.3) is 0 Å². The predicted octanol–water partition coefficient (Wildman–Crippen LogP) is 3.76. The van der Waals surface area contributed by atoms with Crippen molar-refractivity contribution in [3.63, 3.8) is 0 Å². The minimum absolute atomic E-state index is 0.0912. The van der Waals surface area contributed by atoms with Crippen LogP contribution in [0.15, 0.2) is 36.4 Å². The molecule has 0 atom stereocenters. The minimum Gasteiger partial charge on any atom is -0.478 e. The molecule has 0 aliphatic carbocycles. The van der Waals surface area contributed by atoms with Crippen LogP contribution in [-0.4, -0.2) is 17.2 Å². The number of hydrogen-bond donors (Lipinski definition) is 2. The Morgan fingerprint density at radius 2 is 2.00 bits per heavy atom. The van der Waals surface area contributed by atoms with Crippen molar-refractivity contribution in [2.75, 3.05) is 5.32 Å². The van der Waals surface area contributed by atoms with Crippen LogP contribution in [0.2, 0.25) is 0 Å². The molecule has 21 heavy (non-hydrogen) atoms. The Morgan fingerprint density at radius 1 is 1.29 bits per heavy atom. The highest BCUT2D eigenvalue weighted by Gasteiger charge is 2.17. The number of carbonyl (C=O) groups is 2. The van der Waals surface area contributed by atoms with Crippen LogP contribution in [0.5, 0.6) is 0 Å². The first-order valence-corrected chi connectivity index (χ1v) is 7.25. The summed E-state index contributed by atoms with van der Waals surface area (Å²) in [6, 6.07) is 10.8. The van der Waals surface area contributed by atoms with Crippen molar-refractivity contribution in [2.45, 2.75) is 20.0 Å². The number of benzene rings is 1. The zero-order chi connectivity index (χ0) is 15.2. The van der Waals surface area contributed by atoms with Crippen LogP contribution in [0.4, 0.5) is 9.80 Å². The predicted molar refractivity (Wildman–Crippen MR) is 80.9 cm³/mol. The molecule has 2 rings (SSSR count). The molecule has 0 aliphatic rings. The Morgan fingerprint density at radius 3 is 2.62 bits per heavy atom. The lowest BCUT2D eigenvalue weighted by Gasteiger charge is -2.06. The minimum atomic E-state index is -1.07. The maximum absolute atomic E-state index is 11.7. The number of hydrogen-bond acceptors (Lipinski definition) is 4. The molecular weight excluding hydrogens is 290 g/mol. The molecule has 0 saturated carbocycles. The van der Waals surface area contributed by atoms with Crippen molar-refractivity contribution in [1.29, 1.82) is 0 Å². The Bertz CT molecular complexity index is 636. The van der Waals surface area contributed by atoms with Crippen LogP contribution in [0, 0.1) is 0 Å². The van der Waals surface area contributed by atoms with Crippen molar-refractivity contribution in [3.8, 4) is 0 Å². The first-order valence-electron chi connectivity index (χ1n) is 6.44. The third-order valence-electron chi connectivity index (χ3n) is 2.79. The van der Waals surface area contributed by atoms with Gasteiger partial charge < -0.3 is 9.84 Å². The maximum atomic E-state index is 11.7. The Balaban J connectivity index is 1.99. The summed E-state index contributed by atoms with van der Waals surface area (Å²) in [5.41, 5.74) is 0.958. The van der Waals surface area contributed by atoms with Gasteiger partial charge in [0.05, 0.1) is 5.56 Å². The zero-order valence-electron chi connectivity index (χ0n) is 11.5. The van der Waals surface area contributed by atoms with Crippen molar-refractivity contribution in [2.24, 2.45) is 0 Å². The van der Waals surface area contributed by atoms with Gasteiger partial charge >= 0.3 is 12.1 Å². The smallest absolute Gasteiger partial charge is 0.412 e. The average Bonchev–Trinajstić information content (AvgIpc) is 2.89. The maximum Gasteiger partial charge on any atom is 0.412 e. The summed E-state index contributed by atoms with van der Waals surface area (Å²) in [5.74, 6) is -1.07. The molecule has 0 radical (unpaired) electrons. The van der Waals surface area contributed by atoms with Gasteiger partial charge in [0.2, 0.25) is 0 Å². The standard InChI is InChI=1S/C15H15NO4S/c1-2-11-8-12(14(17)18)13(21-11)16-15(19)20-9-10-6-4-3-5-7-10/h3-8H,2,9H2,1H3,(H,16,19)(H,17,18).